The SMILES string of the molecule is CC(=O)Nc1ccccc1-c1cc2c3ccccc3n(C(C)=O)c2nn1. The normalized spacial score (nSPS) is 11.0. The van der Waals surface area contributed by atoms with Gasteiger partial charge in [0.05, 0.1) is 16.9 Å². The zero-order valence-electron chi connectivity index (χ0n) is 14.4. The van der Waals surface area contributed by atoms with Crippen LogP contribution in [0.4, 0.5) is 5.69 Å². The largest absolute Gasteiger partial charge is 0.326 e. The van der Waals surface area contributed by atoms with E-state index in [9.17, 15) is 9.59 Å². The Morgan fingerprint density at radius 2 is 1.65 bits per heavy atom. The van der Waals surface area contributed by atoms with Gasteiger partial charge in [-0.05, 0) is 18.2 Å². The lowest BCUT2D eigenvalue weighted by molar-refractivity contribution is -0.114. The van der Waals surface area contributed by atoms with Crippen LogP contribution in [-0.2, 0) is 4.79 Å². The van der Waals surface area contributed by atoms with Crippen LogP contribution in [0.25, 0.3) is 33.2 Å². The van der Waals surface area contributed by atoms with Gasteiger partial charge >= 0.3 is 0 Å². The smallest absolute Gasteiger partial charge is 0.229 e. The van der Waals surface area contributed by atoms with Crippen LogP contribution in [0.3, 0.4) is 0 Å². The number of aromatic nitrogens is 3. The Morgan fingerprint density at radius 1 is 0.923 bits per heavy atom. The monoisotopic (exact) mass is 344 g/mol. The average Bonchev–Trinajstić information content (AvgIpc) is 2.95. The van der Waals surface area contributed by atoms with Crippen LogP contribution < -0.4 is 5.32 Å². The molecule has 6 nitrogen and oxygen atoms in total. The highest BCUT2D eigenvalue weighted by Gasteiger charge is 2.17. The predicted molar refractivity (Wildman–Crippen MR) is 101 cm³/mol. The molecular weight excluding hydrogens is 328 g/mol. The molecule has 0 spiro atoms. The first-order chi connectivity index (χ1) is 12.6. The molecule has 2 aromatic carbocycles. The van der Waals surface area contributed by atoms with Crippen LogP contribution in [0, 0.1) is 0 Å². The van der Waals surface area contributed by atoms with Crippen molar-refractivity contribution >= 4 is 39.4 Å². The highest BCUT2D eigenvalue weighted by atomic mass is 16.2. The van der Waals surface area contributed by atoms with Crippen molar-refractivity contribution in [3.8, 4) is 11.3 Å². The molecule has 6 heteroatoms. The molecule has 2 aromatic heterocycles. The Labute approximate surface area is 149 Å². The van der Waals surface area contributed by atoms with Gasteiger partial charge in [0.2, 0.25) is 11.8 Å². The van der Waals surface area contributed by atoms with E-state index < -0.39 is 0 Å². The van der Waals surface area contributed by atoms with Crippen molar-refractivity contribution in [2.75, 3.05) is 5.32 Å². The van der Waals surface area contributed by atoms with Crippen molar-refractivity contribution < 1.29 is 9.59 Å². The lowest BCUT2D eigenvalue weighted by Gasteiger charge is -2.09. The summed E-state index contributed by atoms with van der Waals surface area (Å²) in [7, 11) is 0. The summed E-state index contributed by atoms with van der Waals surface area (Å²) in [4.78, 5) is 23.6. The first-order valence-electron chi connectivity index (χ1n) is 8.21. The Hall–Kier alpha value is -3.54. The number of anilines is 1. The van der Waals surface area contributed by atoms with Gasteiger partial charge in [-0.15, -0.1) is 10.2 Å². The Morgan fingerprint density at radius 3 is 2.42 bits per heavy atom. The maximum Gasteiger partial charge on any atom is 0.229 e. The van der Waals surface area contributed by atoms with Gasteiger partial charge in [-0.3, -0.25) is 14.2 Å². The number of hydrogen-bond acceptors (Lipinski definition) is 4. The van der Waals surface area contributed by atoms with Crippen LogP contribution in [0.2, 0.25) is 0 Å². The van der Waals surface area contributed by atoms with Crippen LogP contribution in [0.5, 0.6) is 0 Å². The summed E-state index contributed by atoms with van der Waals surface area (Å²) in [5, 5.41) is 13.2. The molecule has 0 saturated carbocycles. The molecule has 1 N–H and O–H groups in total. The summed E-state index contributed by atoms with van der Waals surface area (Å²) in [6.07, 6.45) is 0. The summed E-state index contributed by atoms with van der Waals surface area (Å²) >= 11 is 0. The molecule has 4 rings (SSSR count). The zero-order chi connectivity index (χ0) is 18.3. The molecule has 0 radical (unpaired) electrons. The molecule has 0 fully saturated rings. The van der Waals surface area contributed by atoms with Crippen molar-refractivity contribution in [3.05, 3.63) is 54.6 Å². The minimum atomic E-state index is -0.153. The first-order valence-corrected chi connectivity index (χ1v) is 8.21. The van der Waals surface area contributed by atoms with E-state index in [0.29, 0.717) is 17.0 Å². The molecule has 4 aromatic rings. The third kappa shape index (κ3) is 2.52. The standard InChI is InChI=1S/C20H16N4O2/c1-12(25)21-17-9-5-3-8-15(17)18-11-16-14-7-4-6-10-19(14)24(13(2)26)20(16)23-22-18/h3-11H,1-2H3,(H,21,25). The lowest BCUT2D eigenvalue weighted by atomic mass is 10.1. The molecule has 26 heavy (non-hydrogen) atoms. The van der Waals surface area contributed by atoms with E-state index in [1.807, 2.05) is 54.6 Å². The fourth-order valence-corrected chi connectivity index (χ4v) is 3.21. The molecule has 2 heterocycles. The summed E-state index contributed by atoms with van der Waals surface area (Å²) in [6.45, 7) is 2.97. The number of carbonyl (C=O) groups is 2. The second-order valence-electron chi connectivity index (χ2n) is 6.07. The molecule has 128 valence electrons. The van der Waals surface area contributed by atoms with Crippen LogP contribution in [-0.4, -0.2) is 26.6 Å². The van der Waals surface area contributed by atoms with Crippen molar-refractivity contribution in [2.24, 2.45) is 0 Å². The Kier molecular flexibility index (Phi) is 3.73. The summed E-state index contributed by atoms with van der Waals surface area (Å²) in [5.41, 5.74) is 3.41. The summed E-state index contributed by atoms with van der Waals surface area (Å²) < 4.78 is 1.57. The van der Waals surface area contributed by atoms with Crippen molar-refractivity contribution in [3.63, 3.8) is 0 Å². The molecule has 1 amide bonds. The van der Waals surface area contributed by atoms with Crippen LogP contribution in [0.1, 0.15) is 18.6 Å². The molecule has 0 bridgehead atoms. The minimum Gasteiger partial charge on any atom is -0.326 e. The van der Waals surface area contributed by atoms with Gasteiger partial charge in [-0.1, -0.05) is 36.4 Å². The van der Waals surface area contributed by atoms with Gasteiger partial charge < -0.3 is 5.32 Å². The zero-order valence-corrected chi connectivity index (χ0v) is 14.4. The minimum absolute atomic E-state index is 0.114. The molecule has 0 aliphatic heterocycles. The van der Waals surface area contributed by atoms with E-state index in [-0.39, 0.29) is 11.8 Å². The number of para-hydroxylation sites is 2. The van der Waals surface area contributed by atoms with Crippen molar-refractivity contribution in [1.29, 1.82) is 0 Å². The fraction of sp³-hybridized carbons (Fsp3) is 0.100. The summed E-state index contributed by atoms with van der Waals surface area (Å²) in [5.74, 6) is -0.267. The van der Waals surface area contributed by atoms with E-state index in [4.69, 9.17) is 0 Å². The average molecular weight is 344 g/mol. The highest BCUT2D eigenvalue weighted by Crippen LogP contribution is 2.32. The third-order valence-corrected chi connectivity index (χ3v) is 4.25. The van der Waals surface area contributed by atoms with Gasteiger partial charge in [-0.2, -0.15) is 0 Å². The Balaban J connectivity index is 1.99. The number of benzene rings is 2. The van der Waals surface area contributed by atoms with Crippen molar-refractivity contribution in [2.45, 2.75) is 13.8 Å². The lowest BCUT2D eigenvalue weighted by Crippen LogP contribution is -2.08. The van der Waals surface area contributed by atoms with Crippen LogP contribution in [0.15, 0.2) is 54.6 Å². The van der Waals surface area contributed by atoms with E-state index in [1.165, 1.54) is 13.8 Å². The number of fused-ring (bicyclic) bond motifs is 3. The number of amides is 1. The number of nitrogens with zero attached hydrogens (tertiary/aromatic N) is 3. The number of nitrogens with one attached hydrogen (secondary N) is 1. The fourth-order valence-electron chi connectivity index (χ4n) is 3.21. The molecule has 0 unspecified atom stereocenters. The first kappa shape index (κ1) is 16.0. The van der Waals surface area contributed by atoms with Gasteiger partial charge in [0.25, 0.3) is 0 Å². The van der Waals surface area contributed by atoms with Gasteiger partial charge in [-0.25, -0.2) is 0 Å². The highest BCUT2D eigenvalue weighted by molar-refractivity contribution is 6.12. The summed E-state index contributed by atoms with van der Waals surface area (Å²) in [6, 6.07) is 17.0. The van der Waals surface area contributed by atoms with Crippen LogP contribution >= 0.6 is 0 Å². The molecule has 0 aliphatic carbocycles. The van der Waals surface area contributed by atoms with E-state index in [1.54, 1.807) is 4.57 Å². The molecule has 0 saturated heterocycles. The van der Waals surface area contributed by atoms with Gasteiger partial charge in [0, 0.05) is 30.2 Å². The second kappa shape index (κ2) is 6.07. The molecular formula is C20H16N4O2. The maximum absolute atomic E-state index is 12.1. The maximum atomic E-state index is 12.1. The van der Waals surface area contributed by atoms with E-state index in [0.717, 1.165) is 21.9 Å². The molecule has 0 atom stereocenters. The molecule has 0 aliphatic rings. The topological polar surface area (TPSA) is 76.9 Å². The van der Waals surface area contributed by atoms with Crippen molar-refractivity contribution in [1.82, 2.24) is 14.8 Å². The number of rotatable bonds is 2. The predicted octanol–water partition coefficient (Wildman–Crippen LogP) is 3.87. The van der Waals surface area contributed by atoms with Gasteiger partial charge in [0.1, 0.15) is 0 Å². The van der Waals surface area contributed by atoms with E-state index >= 15 is 0 Å². The van der Waals surface area contributed by atoms with E-state index in [2.05, 4.69) is 15.5 Å². The Bertz CT molecular complexity index is 1180. The third-order valence-electron chi connectivity index (χ3n) is 4.25. The number of hydrogen-bond donors (Lipinski definition) is 1. The number of carbonyl (C=O) groups excluding carboxylic acids is 2. The second-order valence-corrected chi connectivity index (χ2v) is 6.07. The van der Waals surface area contributed by atoms with Gasteiger partial charge in [0.15, 0.2) is 5.65 Å². The quantitative estimate of drug-likeness (QED) is 0.599.